The highest BCUT2D eigenvalue weighted by atomic mass is 16.5. The third kappa shape index (κ3) is 3.68. The molecule has 0 amide bonds. The van der Waals surface area contributed by atoms with Gasteiger partial charge in [-0.15, -0.1) is 0 Å². The van der Waals surface area contributed by atoms with Crippen LogP contribution in [0.2, 0.25) is 0 Å². The van der Waals surface area contributed by atoms with Gasteiger partial charge < -0.3 is 14.8 Å². The number of nitrogens with one attached hydrogen (secondary N) is 1. The lowest BCUT2D eigenvalue weighted by Gasteiger charge is -2.28. The topological polar surface area (TPSA) is 43.4 Å². The first-order valence-electron chi connectivity index (χ1n) is 6.08. The van der Waals surface area contributed by atoms with E-state index in [0.29, 0.717) is 6.61 Å². The van der Waals surface area contributed by atoms with Crippen molar-refractivity contribution in [1.29, 1.82) is 0 Å². The highest BCUT2D eigenvalue weighted by Gasteiger charge is 2.19. The fraction of sp³-hybridized carbons (Fsp3) is 0.615. The number of ether oxygens (including phenoxy) is 2. The molecule has 1 aliphatic rings. The van der Waals surface area contributed by atoms with Crippen LogP contribution < -0.4 is 10.1 Å². The number of morpholine rings is 1. The van der Waals surface area contributed by atoms with Gasteiger partial charge in [-0.25, -0.2) is 0 Å². The molecule has 0 saturated carbocycles. The fourth-order valence-electron chi connectivity index (χ4n) is 2.04. The fourth-order valence-corrected chi connectivity index (χ4v) is 2.04. The number of nitrogens with zero attached hydrogens (tertiary/aromatic N) is 1. The van der Waals surface area contributed by atoms with Gasteiger partial charge >= 0.3 is 0 Å². The molecule has 94 valence electrons. The highest BCUT2D eigenvalue weighted by molar-refractivity contribution is 5.26. The maximum Gasteiger partial charge on any atom is 0.123 e. The molecule has 1 saturated heterocycles. The lowest BCUT2D eigenvalue weighted by molar-refractivity contribution is -0.0470. The molecule has 17 heavy (non-hydrogen) atoms. The third-order valence-corrected chi connectivity index (χ3v) is 2.72. The van der Waals surface area contributed by atoms with Crippen LogP contribution in [0, 0.1) is 13.8 Å². The van der Waals surface area contributed by atoms with Gasteiger partial charge in [0.1, 0.15) is 18.5 Å². The Balaban J connectivity index is 1.88. The van der Waals surface area contributed by atoms with Gasteiger partial charge in [0, 0.05) is 36.6 Å². The largest absolute Gasteiger partial charge is 0.491 e. The van der Waals surface area contributed by atoms with E-state index in [9.17, 15) is 0 Å². The summed E-state index contributed by atoms with van der Waals surface area (Å²) >= 11 is 0. The predicted molar refractivity (Wildman–Crippen MR) is 66.4 cm³/mol. The number of hydrogen-bond donors (Lipinski definition) is 1. The van der Waals surface area contributed by atoms with Crippen LogP contribution in [0.15, 0.2) is 12.1 Å². The molecule has 2 atom stereocenters. The number of aryl methyl sites for hydroxylation is 2. The normalized spacial score (nSPS) is 24.6. The average Bonchev–Trinajstić information content (AvgIpc) is 2.25. The maximum absolute atomic E-state index is 5.77. The molecule has 0 aliphatic carbocycles. The summed E-state index contributed by atoms with van der Waals surface area (Å²) in [4.78, 5) is 4.32. The minimum Gasteiger partial charge on any atom is -0.491 e. The van der Waals surface area contributed by atoms with E-state index in [1.54, 1.807) is 0 Å². The van der Waals surface area contributed by atoms with Crippen molar-refractivity contribution < 1.29 is 9.47 Å². The first kappa shape index (κ1) is 12.3. The summed E-state index contributed by atoms with van der Waals surface area (Å²) in [5.74, 6) is 0.872. The van der Waals surface area contributed by atoms with Crippen molar-refractivity contribution >= 4 is 0 Å². The van der Waals surface area contributed by atoms with Crippen molar-refractivity contribution in [3.63, 3.8) is 0 Å². The van der Waals surface area contributed by atoms with E-state index in [1.165, 1.54) is 0 Å². The van der Waals surface area contributed by atoms with Crippen LogP contribution in [0.5, 0.6) is 5.75 Å². The van der Waals surface area contributed by atoms with Crippen molar-refractivity contribution in [1.82, 2.24) is 10.3 Å². The minimum absolute atomic E-state index is 0.132. The number of pyridine rings is 1. The molecule has 2 rings (SSSR count). The van der Waals surface area contributed by atoms with Crippen LogP contribution >= 0.6 is 0 Å². The Bertz CT molecular complexity index is 361. The van der Waals surface area contributed by atoms with E-state index in [2.05, 4.69) is 17.2 Å². The predicted octanol–water partition coefficient (Wildman–Crippen LogP) is 1.45. The molecule has 2 unspecified atom stereocenters. The van der Waals surface area contributed by atoms with Gasteiger partial charge in [0.25, 0.3) is 0 Å². The van der Waals surface area contributed by atoms with E-state index < -0.39 is 0 Å². The second kappa shape index (κ2) is 5.47. The van der Waals surface area contributed by atoms with Gasteiger partial charge in [-0.3, -0.25) is 4.98 Å². The van der Waals surface area contributed by atoms with Gasteiger partial charge in [0.15, 0.2) is 0 Å². The third-order valence-electron chi connectivity index (χ3n) is 2.72. The summed E-state index contributed by atoms with van der Waals surface area (Å²) in [6.07, 6.45) is 0.394. The second-order valence-electron chi connectivity index (χ2n) is 4.62. The molecular weight excluding hydrogens is 216 g/mol. The molecule has 1 N–H and O–H groups in total. The van der Waals surface area contributed by atoms with Gasteiger partial charge in [0.2, 0.25) is 0 Å². The zero-order chi connectivity index (χ0) is 12.3. The molecule has 2 heterocycles. The standard InChI is InChI=1S/C13H20N2O2/c1-9-4-12(5-10(2)15-9)16-8-13-7-14-6-11(3)17-13/h4-5,11,13-14H,6-8H2,1-3H3. The van der Waals surface area contributed by atoms with Crippen LogP contribution in [-0.2, 0) is 4.74 Å². The molecule has 1 aromatic rings. The number of aromatic nitrogens is 1. The second-order valence-corrected chi connectivity index (χ2v) is 4.62. The molecule has 0 radical (unpaired) electrons. The van der Waals surface area contributed by atoms with E-state index in [4.69, 9.17) is 9.47 Å². The number of rotatable bonds is 3. The number of hydrogen-bond acceptors (Lipinski definition) is 4. The average molecular weight is 236 g/mol. The van der Waals surface area contributed by atoms with Gasteiger partial charge in [-0.1, -0.05) is 0 Å². The summed E-state index contributed by atoms with van der Waals surface area (Å²) in [6, 6.07) is 3.90. The molecule has 1 fully saturated rings. The van der Waals surface area contributed by atoms with Gasteiger partial charge in [-0.05, 0) is 20.8 Å². The van der Waals surface area contributed by atoms with Crippen LogP contribution in [0.3, 0.4) is 0 Å². The molecule has 1 aliphatic heterocycles. The summed E-state index contributed by atoms with van der Waals surface area (Å²) in [6.45, 7) is 8.37. The Morgan fingerprint density at radius 1 is 1.35 bits per heavy atom. The maximum atomic E-state index is 5.77. The van der Waals surface area contributed by atoms with Crippen molar-refractivity contribution in [2.24, 2.45) is 0 Å². The zero-order valence-corrected chi connectivity index (χ0v) is 10.7. The SMILES string of the molecule is Cc1cc(OCC2CNCC(C)O2)cc(C)n1. The quantitative estimate of drug-likeness (QED) is 0.862. The molecule has 4 nitrogen and oxygen atoms in total. The summed E-state index contributed by atoms with van der Waals surface area (Å²) in [5, 5.41) is 3.33. The molecule has 0 spiro atoms. The molecule has 4 heteroatoms. The van der Waals surface area contributed by atoms with Crippen LogP contribution in [0.25, 0.3) is 0 Å². The molecule has 0 aromatic carbocycles. The van der Waals surface area contributed by atoms with E-state index in [0.717, 1.165) is 30.2 Å². The lowest BCUT2D eigenvalue weighted by Crippen LogP contribution is -2.45. The Kier molecular flexibility index (Phi) is 3.97. The van der Waals surface area contributed by atoms with E-state index in [1.807, 2.05) is 26.0 Å². The Labute approximate surface area is 102 Å². The minimum atomic E-state index is 0.132. The van der Waals surface area contributed by atoms with Crippen molar-refractivity contribution in [2.45, 2.75) is 33.0 Å². The summed E-state index contributed by atoms with van der Waals surface area (Å²) < 4.78 is 11.5. The first-order valence-corrected chi connectivity index (χ1v) is 6.08. The monoisotopic (exact) mass is 236 g/mol. The van der Waals surface area contributed by atoms with Crippen LogP contribution in [0.4, 0.5) is 0 Å². The smallest absolute Gasteiger partial charge is 0.123 e. The lowest BCUT2D eigenvalue weighted by atomic mass is 10.2. The summed E-state index contributed by atoms with van der Waals surface area (Å²) in [7, 11) is 0. The molecule has 0 bridgehead atoms. The van der Waals surface area contributed by atoms with Crippen LogP contribution in [0.1, 0.15) is 18.3 Å². The Morgan fingerprint density at radius 3 is 2.71 bits per heavy atom. The van der Waals surface area contributed by atoms with Crippen molar-refractivity contribution in [2.75, 3.05) is 19.7 Å². The zero-order valence-electron chi connectivity index (χ0n) is 10.7. The Morgan fingerprint density at radius 2 is 2.06 bits per heavy atom. The van der Waals surface area contributed by atoms with Crippen molar-refractivity contribution in [3.8, 4) is 5.75 Å². The molecular formula is C13H20N2O2. The van der Waals surface area contributed by atoms with Crippen molar-refractivity contribution in [3.05, 3.63) is 23.5 Å². The first-order chi connectivity index (χ1) is 8.13. The Hall–Kier alpha value is -1.13. The molecule has 1 aromatic heterocycles. The highest BCUT2D eigenvalue weighted by Crippen LogP contribution is 2.14. The summed E-state index contributed by atoms with van der Waals surface area (Å²) in [5.41, 5.74) is 1.96. The van der Waals surface area contributed by atoms with Crippen LogP contribution in [-0.4, -0.2) is 36.9 Å². The van der Waals surface area contributed by atoms with Gasteiger partial charge in [-0.2, -0.15) is 0 Å². The van der Waals surface area contributed by atoms with E-state index in [-0.39, 0.29) is 12.2 Å². The van der Waals surface area contributed by atoms with Gasteiger partial charge in [0.05, 0.1) is 6.10 Å². The van der Waals surface area contributed by atoms with E-state index >= 15 is 0 Å².